The third kappa shape index (κ3) is 2.83. The molecule has 10 aromatic rings. The maximum Gasteiger partial charge on any atom is 0.195 e. The van der Waals surface area contributed by atoms with Crippen LogP contribution in [0.25, 0.3) is 86.6 Å². The topological polar surface area (TPSA) is 35.9 Å². The van der Waals surface area contributed by atoms with Gasteiger partial charge in [-0.2, -0.15) is 0 Å². The van der Waals surface area contributed by atoms with Crippen LogP contribution in [0.3, 0.4) is 0 Å². The number of rotatable bonds is 2. The van der Waals surface area contributed by atoms with Crippen molar-refractivity contribution in [3.05, 3.63) is 127 Å². The molecule has 4 heterocycles. The number of hydrogen-bond acceptors (Lipinski definition) is 3. The smallest absolute Gasteiger partial charge is 0.195 e. The zero-order valence-electron chi connectivity index (χ0n) is 22.3. The van der Waals surface area contributed by atoms with Crippen LogP contribution in [0.1, 0.15) is 0 Å². The number of thiazole rings is 1. The highest BCUT2D eigenvalue weighted by molar-refractivity contribution is 7.22. The van der Waals surface area contributed by atoms with E-state index in [4.69, 9.17) is 9.40 Å². The van der Waals surface area contributed by atoms with Crippen molar-refractivity contribution in [3.63, 3.8) is 0 Å². The molecule has 0 aliphatic heterocycles. The number of fused-ring (bicyclic) bond motifs is 12. The third-order valence-corrected chi connectivity index (χ3v) is 9.63. The fraction of sp³-hybridized carbons (Fsp3) is 0. The Morgan fingerprint density at radius 3 is 2.07 bits per heavy atom. The van der Waals surface area contributed by atoms with E-state index in [1.807, 2.05) is 12.1 Å². The standard InChI is InChI=1S/C37H21N3OS/c1-2-10-22(11-3-1)39-29-16-8-5-13-25(29)33-30(39)20-18-24-23-12-4-7-15-28(23)40(35(24)33)37-38-27-19-21-32-34(36(27)42-37)26-14-6-9-17-31(26)41-32/h1-21H. The van der Waals surface area contributed by atoms with Gasteiger partial charge in [0.05, 0.1) is 32.3 Å². The molecule has 5 heteroatoms. The molecule has 0 saturated carbocycles. The second kappa shape index (κ2) is 8.09. The zero-order valence-corrected chi connectivity index (χ0v) is 23.1. The molecule has 42 heavy (non-hydrogen) atoms. The highest BCUT2D eigenvalue weighted by atomic mass is 32.1. The number of furan rings is 1. The average molecular weight is 556 g/mol. The monoisotopic (exact) mass is 555 g/mol. The second-order valence-corrected chi connectivity index (χ2v) is 11.8. The lowest BCUT2D eigenvalue weighted by Crippen LogP contribution is -1.94. The van der Waals surface area contributed by atoms with Crippen LogP contribution < -0.4 is 0 Å². The van der Waals surface area contributed by atoms with Gasteiger partial charge in [-0.1, -0.05) is 90.2 Å². The van der Waals surface area contributed by atoms with E-state index < -0.39 is 0 Å². The van der Waals surface area contributed by atoms with Gasteiger partial charge in [-0.15, -0.1) is 0 Å². The molecule has 0 amide bonds. The fourth-order valence-electron chi connectivity index (χ4n) is 6.84. The summed E-state index contributed by atoms with van der Waals surface area (Å²) in [6, 6.07) is 45.0. The molecule has 0 aliphatic rings. The maximum absolute atomic E-state index is 6.22. The Bertz CT molecular complexity index is 2690. The Morgan fingerprint density at radius 1 is 0.500 bits per heavy atom. The van der Waals surface area contributed by atoms with Crippen LogP contribution in [0.2, 0.25) is 0 Å². The van der Waals surface area contributed by atoms with Crippen LogP contribution in [0, 0.1) is 0 Å². The van der Waals surface area contributed by atoms with E-state index in [0.717, 1.165) is 48.5 Å². The lowest BCUT2D eigenvalue weighted by molar-refractivity contribution is 0.669. The summed E-state index contributed by atoms with van der Waals surface area (Å²) in [5, 5.41) is 8.15. The molecule has 0 unspecified atom stereocenters. The number of benzene rings is 6. The van der Waals surface area contributed by atoms with Crippen molar-refractivity contribution in [2.75, 3.05) is 0 Å². The van der Waals surface area contributed by atoms with Gasteiger partial charge in [0, 0.05) is 38.0 Å². The molecular formula is C37H21N3OS. The first-order valence-corrected chi connectivity index (χ1v) is 14.9. The molecule has 0 N–H and O–H groups in total. The Kier molecular flexibility index (Phi) is 4.30. The molecular weight excluding hydrogens is 534 g/mol. The second-order valence-electron chi connectivity index (χ2n) is 10.8. The molecule has 4 aromatic heterocycles. The Labute approximate surface area is 243 Å². The SMILES string of the molecule is c1ccc(-n2c3ccccc3c3c2ccc2c4ccccc4n(-c4nc5ccc6oc7ccccc7c6c5s4)c23)cc1. The zero-order chi connectivity index (χ0) is 27.4. The van der Waals surface area contributed by atoms with Gasteiger partial charge >= 0.3 is 0 Å². The van der Waals surface area contributed by atoms with E-state index in [-0.39, 0.29) is 0 Å². The Hall–Kier alpha value is -5.39. The minimum Gasteiger partial charge on any atom is -0.456 e. The van der Waals surface area contributed by atoms with Gasteiger partial charge in [0.2, 0.25) is 0 Å². The van der Waals surface area contributed by atoms with Gasteiger partial charge < -0.3 is 8.98 Å². The summed E-state index contributed by atoms with van der Waals surface area (Å²) in [5.74, 6) is 0. The van der Waals surface area contributed by atoms with Crippen LogP contribution in [0.4, 0.5) is 0 Å². The normalized spacial score (nSPS) is 12.3. The van der Waals surface area contributed by atoms with Crippen molar-refractivity contribution >= 4 is 87.1 Å². The molecule has 4 nitrogen and oxygen atoms in total. The fourth-order valence-corrected chi connectivity index (χ4v) is 7.98. The van der Waals surface area contributed by atoms with Crippen molar-refractivity contribution in [2.45, 2.75) is 0 Å². The molecule has 0 aliphatic carbocycles. The first-order chi connectivity index (χ1) is 20.8. The highest BCUT2D eigenvalue weighted by Crippen LogP contribution is 2.44. The largest absolute Gasteiger partial charge is 0.456 e. The molecule has 0 radical (unpaired) electrons. The lowest BCUT2D eigenvalue weighted by Gasteiger charge is -2.08. The predicted molar refractivity (Wildman–Crippen MR) is 176 cm³/mol. The van der Waals surface area contributed by atoms with E-state index >= 15 is 0 Å². The van der Waals surface area contributed by atoms with Gasteiger partial charge in [-0.05, 0) is 48.5 Å². The summed E-state index contributed by atoms with van der Waals surface area (Å²) in [4.78, 5) is 5.28. The van der Waals surface area contributed by atoms with Crippen LogP contribution >= 0.6 is 11.3 Å². The average Bonchev–Trinajstić information content (AvgIpc) is 3.79. The summed E-state index contributed by atoms with van der Waals surface area (Å²) < 4.78 is 12.1. The molecule has 10 rings (SSSR count). The van der Waals surface area contributed by atoms with E-state index in [9.17, 15) is 0 Å². The molecule has 0 fully saturated rings. The quantitative estimate of drug-likeness (QED) is 0.213. The van der Waals surface area contributed by atoms with Crippen molar-refractivity contribution in [1.29, 1.82) is 0 Å². The Balaban J connectivity index is 1.39. The number of para-hydroxylation sites is 4. The van der Waals surface area contributed by atoms with Crippen LogP contribution in [-0.4, -0.2) is 14.1 Å². The van der Waals surface area contributed by atoms with E-state index in [1.54, 1.807) is 11.3 Å². The summed E-state index contributed by atoms with van der Waals surface area (Å²) in [7, 11) is 0. The van der Waals surface area contributed by atoms with Gasteiger partial charge in [0.1, 0.15) is 11.2 Å². The van der Waals surface area contributed by atoms with E-state index in [2.05, 4.69) is 124 Å². The van der Waals surface area contributed by atoms with E-state index in [0.29, 0.717) is 0 Å². The van der Waals surface area contributed by atoms with Gasteiger partial charge in [0.15, 0.2) is 5.13 Å². The van der Waals surface area contributed by atoms with Crippen LogP contribution in [-0.2, 0) is 0 Å². The summed E-state index contributed by atoms with van der Waals surface area (Å²) in [6.45, 7) is 0. The summed E-state index contributed by atoms with van der Waals surface area (Å²) in [6.07, 6.45) is 0. The molecule has 196 valence electrons. The minimum atomic E-state index is 0.898. The minimum absolute atomic E-state index is 0.898. The number of hydrogen-bond donors (Lipinski definition) is 0. The van der Waals surface area contributed by atoms with Gasteiger partial charge in [-0.25, -0.2) is 4.98 Å². The first-order valence-electron chi connectivity index (χ1n) is 14.1. The molecule has 0 atom stereocenters. The highest BCUT2D eigenvalue weighted by Gasteiger charge is 2.23. The van der Waals surface area contributed by atoms with Gasteiger partial charge in [0.25, 0.3) is 0 Å². The molecule has 0 saturated heterocycles. The van der Waals surface area contributed by atoms with Crippen molar-refractivity contribution in [2.24, 2.45) is 0 Å². The molecule has 0 spiro atoms. The van der Waals surface area contributed by atoms with Crippen molar-refractivity contribution < 1.29 is 4.42 Å². The number of aromatic nitrogens is 3. The predicted octanol–water partition coefficient (Wildman–Crippen LogP) is 10.4. The third-order valence-electron chi connectivity index (χ3n) is 8.56. The first kappa shape index (κ1) is 22.3. The number of nitrogens with zero attached hydrogens (tertiary/aromatic N) is 3. The Morgan fingerprint density at radius 2 is 1.21 bits per heavy atom. The van der Waals surface area contributed by atoms with Gasteiger partial charge in [-0.3, -0.25) is 4.57 Å². The van der Waals surface area contributed by atoms with Crippen molar-refractivity contribution in [3.8, 4) is 10.8 Å². The maximum atomic E-state index is 6.22. The lowest BCUT2D eigenvalue weighted by atomic mass is 10.1. The summed E-state index contributed by atoms with van der Waals surface area (Å²) in [5.41, 5.74) is 8.66. The molecule has 6 aromatic carbocycles. The molecule has 0 bridgehead atoms. The van der Waals surface area contributed by atoms with Crippen LogP contribution in [0.5, 0.6) is 0 Å². The van der Waals surface area contributed by atoms with Crippen LogP contribution in [0.15, 0.2) is 132 Å². The van der Waals surface area contributed by atoms with Crippen molar-refractivity contribution in [1.82, 2.24) is 14.1 Å². The van der Waals surface area contributed by atoms with E-state index in [1.165, 1.54) is 38.1 Å². The summed E-state index contributed by atoms with van der Waals surface area (Å²) >= 11 is 1.74.